The molecule has 1 rings (SSSR count). The van der Waals surface area contributed by atoms with Crippen LogP contribution in [0.25, 0.3) is 0 Å². The molecular formula is C12H13FN2O4. The number of rotatable bonds is 6. The summed E-state index contributed by atoms with van der Waals surface area (Å²) in [6, 6.07) is 4.15. The summed E-state index contributed by atoms with van der Waals surface area (Å²) in [5, 5.41) is 7.08. The molecule has 6 nitrogen and oxygen atoms in total. The second-order valence-electron chi connectivity index (χ2n) is 3.49. The third kappa shape index (κ3) is 4.22. The Morgan fingerprint density at radius 3 is 2.58 bits per heavy atom. The van der Waals surface area contributed by atoms with E-state index in [1.807, 2.05) is 0 Å². The van der Waals surface area contributed by atoms with Gasteiger partial charge in [-0.25, -0.2) is 9.18 Å². The zero-order valence-corrected chi connectivity index (χ0v) is 10.5. The van der Waals surface area contributed by atoms with Crippen LogP contribution in [0.3, 0.4) is 0 Å². The largest absolute Gasteiger partial charge is 0.467 e. The molecule has 0 radical (unpaired) electrons. The number of azo groups is 1. The van der Waals surface area contributed by atoms with Gasteiger partial charge in [-0.2, -0.15) is 10.2 Å². The van der Waals surface area contributed by atoms with Crippen LogP contribution in [0.15, 0.2) is 34.5 Å². The molecule has 102 valence electrons. The topological polar surface area (TPSA) is 77.3 Å². The van der Waals surface area contributed by atoms with Crippen LogP contribution in [0.4, 0.5) is 10.1 Å². The molecule has 1 aromatic rings. The van der Waals surface area contributed by atoms with Crippen molar-refractivity contribution in [3.8, 4) is 0 Å². The fourth-order valence-electron chi connectivity index (χ4n) is 1.23. The fourth-order valence-corrected chi connectivity index (χ4v) is 1.23. The predicted octanol–water partition coefficient (Wildman–Crippen LogP) is 1.67. The molecule has 1 atom stereocenters. The first-order valence-electron chi connectivity index (χ1n) is 5.35. The van der Waals surface area contributed by atoms with Gasteiger partial charge in [-0.15, -0.1) is 0 Å². The summed E-state index contributed by atoms with van der Waals surface area (Å²) in [7, 11) is 2.42. The average molecular weight is 268 g/mol. The number of halogens is 1. The third-order valence-corrected chi connectivity index (χ3v) is 2.15. The Kier molecular flexibility index (Phi) is 5.74. The highest BCUT2D eigenvalue weighted by atomic mass is 19.1. The molecule has 0 spiro atoms. The van der Waals surface area contributed by atoms with E-state index in [9.17, 15) is 14.0 Å². The number of Topliss-reactive ketones (excluding diaryl/α,β-unsaturated/α-hetero) is 1. The van der Waals surface area contributed by atoms with Gasteiger partial charge in [0, 0.05) is 7.11 Å². The highest BCUT2D eigenvalue weighted by Gasteiger charge is 2.27. The van der Waals surface area contributed by atoms with E-state index in [-0.39, 0.29) is 12.3 Å². The van der Waals surface area contributed by atoms with E-state index >= 15 is 0 Å². The first-order chi connectivity index (χ1) is 9.10. The third-order valence-electron chi connectivity index (χ3n) is 2.15. The lowest BCUT2D eigenvalue weighted by Crippen LogP contribution is -2.31. The van der Waals surface area contributed by atoms with Crippen LogP contribution >= 0.6 is 0 Å². The van der Waals surface area contributed by atoms with Crippen molar-refractivity contribution in [2.45, 2.75) is 6.04 Å². The van der Waals surface area contributed by atoms with Gasteiger partial charge in [0.25, 0.3) is 0 Å². The minimum absolute atomic E-state index is 0.0679. The average Bonchev–Trinajstić information content (AvgIpc) is 2.41. The number of hydrogen-bond donors (Lipinski definition) is 0. The maximum Gasteiger partial charge on any atom is 0.340 e. The van der Waals surface area contributed by atoms with Crippen molar-refractivity contribution in [2.75, 3.05) is 20.8 Å². The number of benzene rings is 1. The van der Waals surface area contributed by atoms with Crippen molar-refractivity contribution < 1.29 is 23.5 Å². The van der Waals surface area contributed by atoms with E-state index in [2.05, 4.69) is 19.7 Å². The van der Waals surface area contributed by atoms with Gasteiger partial charge in [-0.3, -0.25) is 4.79 Å². The molecule has 0 N–H and O–H groups in total. The van der Waals surface area contributed by atoms with Crippen LogP contribution in [0.1, 0.15) is 0 Å². The lowest BCUT2D eigenvalue weighted by molar-refractivity contribution is -0.146. The number of esters is 1. The van der Waals surface area contributed by atoms with Crippen LogP contribution in [0, 0.1) is 5.82 Å². The molecule has 0 fully saturated rings. The van der Waals surface area contributed by atoms with Crippen molar-refractivity contribution in [1.29, 1.82) is 0 Å². The van der Waals surface area contributed by atoms with Crippen LogP contribution in [-0.2, 0) is 19.1 Å². The predicted molar refractivity (Wildman–Crippen MR) is 63.6 cm³/mol. The maximum absolute atomic E-state index is 13.3. The SMILES string of the molecule is COCC(=O)C(N=Nc1ccccc1F)C(=O)OC. The van der Waals surface area contributed by atoms with Crippen molar-refractivity contribution in [3.05, 3.63) is 30.1 Å². The molecule has 0 aromatic heterocycles. The molecule has 0 bridgehead atoms. The van der Waals surface area contributed by atoms with Gasteiger partial charge >= 0.3 is 5.97 Å². The lowest BCUT2D eigenvalue weighted by Gasteiger charge is -2.07. The molecule has 0 saturated heterocycles. The number of methoxy groups -OCH3 is 2. The molecule has 19 heavy (non-hydrogen) atoms. The molecule has 0 amide bonds. The van der Waals surface area contributed by atoms with Gasteiger partial charge < -0.3 is 9.47 Å². The summed E-state index contributed by atoms with van der Waals surface area (Å²) < 4.78 is 22.4. The van der Waals surface area contributed by atoms with Gasteiger partial charge in [0.1, 0.15) is 12.3 Å². The Balaban J connectivity index is 2.92. The summed E-state index contributed by atoms with van der Waals surface area (Å²) >= 11 is 0. The fraction of sp³-hybridized carbons (Fsp3) is 0.333. The Morgan fingerprint density at radius 1 is 1.32 bits per heavy atom. The molecule has 1 unspecified atom stereocenters. The quantitative estimate of drug-likeness (QED) is 0.446. The normalized spacial score (nSPS) is 12.4. The highest BCUT2D eigenvalue weighted by Crippen LogP contribution is 2.17. The summed E-state index contributed by atoms with van der Waals surface area (Å²) in [6.07, 6.45) is 0. The maximum atomic E-state index is 13.3. The Labute approximate surface area is 109 Å². The van der Waals surface area contributed by atoms with E-state index in [0.717, 1.165) is 7.11 Å². The monoisotopic (exact) mass is 268 g/mol. The molecule has 0 heterocycles. The lowest BCUT2D eigenvalue weighted by atomic mass is 10.2. The number of hydrogen-bond acceptors (Lipinski definition) is 6. The molecule has 0 aliphatic rings. The number of carbonyl (C=O) groups excluding carboxylic acids is 2. The summed E-state index contributed by atoms with van der Waals surface area (Å²) in [4.78, 5) is 23.0. The van der Waals surface area contributed by atoms with Crippen molar-refractivity contribution in [2.24, 2.45) is 10.2 Å². The first-order valence-corrected chi connectivity index (χ1v) is 5.35. The smallest absolute Gasteiger partial charge is 0.340 e. The summed E-state index contributed by atoms with van der Waals surface area (Å²) in [6.45, 7) is -0.309. The van der Waals surface area contributed by atoms with Gasteiger partial charge in [0.15, 0.2) is 11.6 Å². The Morgan fingerprint density at radius 2 is 2.00 bits per heavy atom. The second-order valence-corrected chi connectivity index (χ2v) is 3.49. The molecule has 0 saturated carbocycles. The van der Waals surface area contributed by atoms with Crippen LogP contribution in [0.2, 0.25) is 0 Å². The molecule has 1 aromatic carbocycles. The minimum atomic E-state index is -1.45. The van der Waals surface area contributed by atoms with Crippen molar-refractivity contribution >= 4 is 17.4 Å². The van der Waals surface area contributed by atoms with E-state index in [0.29, 0.717) is 0 Å². The van der Waals surface area contributed by atoms with Crippen molar-refractivity contribution in [3.63, 3.8) is 0 Å². The van der Waals surface area contributed by atoms with Gasteiger partial charge in [0.2, 0.25) is 6.04 Å². The van der Waals surface area contributed by atoms with Crippen LogP contribution < -0.4 is 0 Å². The first kappa shape index (κ1) is 14.9. The second kappa shape index (κ2) is 7.32. The Bertz CT molecular complexity index is 490. The van der Waals surface area contributed by atoms with Gasteiger partial charge in [-0.05, 0) is 12.1 Å². The van der Waals surface area contributed by atoms with Gasteiger partial charge in [0.05, 0.1) is 7.11 Å². The van der Waals surface area contributed by atoms with Gasteiger partial charge in [-0.1, -0.05) is 12.1 Å². The van der Waals surface area contributed by atoms with E-state index in [4.69, 9.17) is 0 Å². The minimum Gasteiger partial charge on any atom is -0.467 e. The summed E-state index contributed by atoms with van der Waals surface area (Å²) in [5.41, 5.74) is -0.0679. The highest BCUT2D eigenvalue weighted by molar-refractivity contribution is 6.03. The zero-order valence-electron chi connectivity index (χ0n) is 10.5. The number of ketones is 1. The van der Waals surface area contributed by atoms with E-state index in [1.165, 1.54) is 25.3 Å². The van der Waals surface area contributed by atoms with E-state index < -0.39 is 23.6 Å². The van der Waals surface area contributed by atoms with Crippen LogP contribution in [0.5, 0.6) is 0 Å². The van der Waals surface area contributed by atoms with Crippen molar-refractivity contribution in [1.82, 2.24) is 0 Å². The van der Waals surface area contributed by atoms with Crippen LogP contribution in [-0.4, -0.2) is 38.6 Å². The molecule has 0 aliphatic carbocycles. The summed E-state index contributed by atoms with van der Waals surface area (Å²) in [5.74, 6) is -2.09. The Hall–Kier alpha value is -2.15. The zero-order chi connectivity index (χ0) is 14.3. The molecule has 0 aliphatic heterocycles. The molecule has 7 heteroatoms. The standard InChI is InChI=1S/C12H13FN2O4/c1-18-7-10(16)11(12(17)19-2)15-14-9-6-4-3-5-8(9)13/h3-6,11H,7H2,1-2H3. The number of ether oxygens (including phenoxy) is 2. The number of nitrogens with zero attached hydrogens (tertiary/aromatic N) is 2. The van der Waals surface area contributed by atoms with E-state index in [1.54, 1.807) is 6.07 Å². The molecular weight excluding hydrogens is 255 g/mol. The number of carbonyl (C=O) groups is 2.